The molecule has 0 saturated heterocycles. The van der Waals surface area contributed by atoms with E-state index in [9.17, 15) is 9.59 Å². The Morgan fingerprint density at radius 3 is 2.42 bits per heavy atom. The molecule has 1 aromatic rings. The first-order chi connectivity index (χ1) is 8.75. The van der Waals surface area contributed by atoms with Crippen molar-refractivity contribution in [3.8, 4) is 0 Å². The van der Waals surface area contributed by atoms with Gasteiger partial charge in [0.15, 0.2) is 0 Å². The summed E-state index contributed by atoms with van der Waals surface area (Å²) in [6.45, 7) is 3.60. The fourth-order valence-corrected chi connectivity index (χ4v) is 3.10. The minimum Gasteiger partial charge on any atom is -0.481 e. The van der Waals surface area contributed by atoms with E-state index >= 15 is 0 Å². The number of carboxylic acids is 1. The number of nitrogens with one attached hydrogen (secondary N) is 1. The number of carbonyl (C=O) groups is 2. The molecular weight excluding hydrogens is 378 g/mol. The fraction of sp³-hybridized carbons (Fsp3) is 0.385. The van der Waals surface area contributed by atoms with Crippen LogP contribution in [0.25, 0.3) is 0 Å². The molecule has 1 fully saturated rings. The molecule has 0 aliphatic heterocycles. The summed E-state index contributed by atoms with van der Waals surface area (Å²) in [5.41, 5.74) is 0.139. The Bertz CT molecular complexity index is 557. The van der Waals surface area contributed by atoms with E-state index in [4.69, 9.17) is 5.11 Å². The molecule has 0 spiro atoms. The van der Waals surface area contributed by atoms with Crippen molar-refractivity contribution < 1.29 is 14.7 Å². The number of aliphatic carboxylic acids is 1. The molecule has 2 rings (SSSR count). The molecule has 2 N–H and O–H groups in total. The SMILES string of the molecule is CC1(C)[C@H](C(=O)O)[C@@H]1C(=O)Nc1cc(Br)ccc1Br. The van der Waals surface area contributed by atoms with Crippen molar-refractivity contribution in [3.63, 3.8) is 0 Å². The molecule has 0 radical (unpaired) electrons. The van der Waals surface area contributed by atoms with Crippen molar-refractivity contribution in [2.45, 2.75) is 13.8 Å². The van der Waals surface area contributed by atoms with Gasteiger partial charge in [0.2, 0.25) is 5.91 Å². The number of benzene rings is 1. The van der Waals surface area contributed by atoms with E-state index in [0.717, 1.165) is 8.95 Å². The van der Waals surface area contributed by atoms with Crippen molar-refractivity contribution in [1.82, 2.24) is 0 Å². The standard InChI is InChI=1S/C13H13Br2NO3/c1-13(2)9(10(13)12(18)19)11(17)16-8-5-6(14)3-4-7(8)15/h3-5,9-10H,1-2H3,(H,16,17)(H,18,19)/t9-,10+/m1/s1. The Morgan fingerprint density at radius 2 is 1.89 bits per heavy atom. The third kappa shape index (κ3) is 2.69. The summed E-state index contributed by atoms with van der Waals surface area (Å²) in [6.07, 6.45) is 0. The van der Waals surface area contributed by atoms with Gasteiger partial charge >= 0.3 is 5.97 Å². The number of amides is 1. The van der Waals surface area contributed by atoms with Crippen LogP contribution in [-0.2, 0) is 9.59 Å². The van der Waals surface area contributed by atoms with Crippen LogP contribution < -0.4 is 5.32 Å². The van der Waals surface area contributed by atoms with Crippen molar-refractivity contribution in [1.29, 1.82) is 0 Å². The maximum atomic E-state index is 12.2. The number of halogens is 2. The molecule has 102 valence electrons. The summed E-state index contributed by atoms with van der Waals surface area (Å²) < 4.78 is 1.60. The van der Waals surface area contributed by atoms with Crippen molar-refractivity contribution in [3.05, 3.63) is 27.1 Å². The zero-order valence-electron chi connectivity index (χ0n) is 10.4. The molecule has 1 aliphatic rings. The number of rotatable bonds is 3. The van der Waals surface area contributed by atoms with E-state index in [1.54, 1.807) is 19.9 Å². The Morgan fingerprint density at radius 1 is 1.26 bits per heavy atom. The van der Waals surface area contributed by atoms with Crippen molar-refractivity contribution in [2.24, 2.45) is 17.3 Å². The number of anilines is 1. The molecule has 2 atom stereocenters. The van der Waals surface area contributed by atoms with Gasteiger partial charge in [-0.1, -0.05) is 29.8 Å². The lowest BCUT2D eigenvalue weighted by Crippen LogP contribution is -2.18. The maximum absolute atomic E-state index is 12.2. The van der Waals surface area contributed by atoms with Gasteiger partial charge in [0.1, 0.15) is 0 Å². The molecule has 0 unspecified atom stereocenters. The van der Waals surface area contributed by atoms with Gasteiger partial charge in [0.25, 0.3) is 0 Å². The van der Waals surface area contributed by atoms with E-state index in [0.29, 0.717) is 5.69 Å². The fourth-order valence-electron chi connectivity index (χ4n) is 2.39. The molecular formula is C13H13Br2NO3. The lowest BCUT2D eigenvalue weighted by molar-refractivity contribution is -0.140. The second-order valence-electron chi connectivity index (χ2n) is 5.23. The van der Waals surface area contributed by atoms with Gasteiger partial charge in [-0.05, 0) is 39.5 Å². The molecule has 0 bridgehead atoms. The van der Waals surface area contributed by atoms with Gasteiger partial charge in [-0.15, -0.1) is 0 Å². The van der Waals surface area contributed by atoms with Gasteiger partial charge in [0, 0.05) is 8.95 Å². The summed E-state index contributed by atoms with van der Waals surface area (Å²) in [5.74, 6) is -2.27. The Kier molecular flexibility index (Phi) is 3.75. The zero-order chi connectivity index (χ0) is 14.4. The highest BCUT2D eigenvalue weighted by Gasteiger charge is 2.65. The van der Waals surface area contributed by atoms with Crippen molar-refractivity contribution >= 4 is 49.4 Å². The van der Waals surface area contributed by atoms with Gasteiger partial charge in [-0.3, -0.25) is 9.59 Å². The largest absolute Gasteiger partial charge is 0.481 e. The van der Waals surface area contributed by atoms with Gasteiger partial charge in [0.05, 0.1) is 17.5 Å². The first-order valence-electron chi connectivity index (χ1n) is 5.74. The molecule has 6 heteroatoms. The van der Waals surface area contributed by atoms with Crippen LogP contribution in [-0.4, -0.2) is 17.0 Å². The van der Waals surface area contributed by atoms with E-state index < -0.39 is 23.2 Å². The van der Waals surface area contributed by atoms with Gasteiger partial charge < -0.3 is 10.4 Å². The topological polar surface area (TPSA) is 66.4 Å². The van der Waals surface area contributed by atoms with Crippen LogP contribution in [0.2, 0.25) is 0 Å². The predicted octanol–water partition coefficient (Wildman–Crippen LogP) is 3.51. The van der Waals surface area contributed by atoms with Crippen LogP contribution in [0, 0.1) is 17.3 Å². The highest BCUT2D eigenvalue weighted by Crippen LogP contribution is 2.58. The minimum atomic E-state index is -0.918. The molecule has 1 saturated carbocycles. The smallest absolute Gasteiger partial charge is 0.307 e. The molecule has 19 heavy (non-hydrogen) atoms. The second kappa shape index (κ2) is 4.90. The Hall–Kier alpha value is -0.880. The number of carbonyl (C=O) groups excluding carboxylic acids is 1. The highest BCUT2D eigenvalue weighted by molar-refractivity contribution is 9.11. The van der Waals surface area contributed by atoms with Crippen LogP contribution in [0.3, 0.4) is 0 Å². The molecule has 1 aliphatic carbocycles. The van der Waals surface area contributed by atoms with Gasteiger partial charge in [-0.2, -0.15) is 0 Å². The molecule has 0 aromatic heterocycles. The molecule has 0 heterocycles. The summed E-state index contributed by atoms with van der Waals surface area (Å²) in [7, 11) is 0. The third-order valence-electron chi connectivity index (χ3n) is 3.56. The molecule has 1 amide bonds. The Labute approximate surface area is 127 Å². The Balaban J connectivity index is 2.15. The van der Waals surface area contributed by atoms with Crippen LogP contribution in [0.5, 0.6) is 0 Å². The molecule has 4 nitrogen and oxygen atoms in total. The lowest BCUT2D eigenvalue weighted by atomic mass is 10.1. The first kappa shape index (κ1) is 14.5. The summed E-state index contributed by atoms with van der Waals surface area (Å²) in [5, 5.41) is 11.9. The third-order valence-corrected chi connectivity index (χ3v) is 4.75. The highest BCUT2D eigenvalue weighted by atomic mass is 79.9. The van der Waals surface area contributed by atoms with Crippen LogP contribution >= 0.6 is 31.9 Å². The normalized spacial score (nSPS) is 23.8. The molecule has 1 aromatic carbocycles. The van der Waals surface area contributed by atoms with E-state index in [1.165, 1.54) is 0 Å². The van der Waals surface area contributed by atoms with Crippen molar-refractivity contribution in [2.75, 3.05) is 5.32 Å². The average molecular weight is 391 g/mol. The first-order valence-corrected chi connectivity index (χ1v) is 7.32. The predicted molar refractivity (Wildman–Crippen MR) is 78.9 cm³/mol. The number of hydrogen-bond donors (Lipinski definition) is 2. The van der Waals surface area contributed by atoms with Crippen LogP contribution in [0.15, 0.2) is 27.1 Å². The summed E-state index contributed by atoms with van der Waals surface area (Å²) in [6, 6.07) is 5.43. The lowest BCUT2D eigenvalue weighted by Gasteiger charge is -2.08. The summed E-state index contributed by atoms with van der Waals surface area (Å²) in [4.78, 5) is 23.2. The van der Waals surface area contributed by atoms with Crippen LogP contribution in [0.4, 0.5) is 5.69 Å². The minimum absolute atomic E-state index is 0.254. The monoisotopic (exact) mass is 389 g/mol. The number of carboxylic acid groups (broad SMARTS) is 1. The quantitative estimate of drug-likeness (QED) is 0.829. The number of hydrogen-bond acceptors (Lipinski definition) is 2. The van der Waals surface area contributed by atoms with E-state index in [1.807, 2.05) is 12.1 Å². The van der Waals surface area contributed by atoms with E-state index in [2.05, 4.69) is 37.2 Å². The second-order valence-corrected chi connectivity index (χ2v) is 7.00. The maximum Gasteiger partial charge on any atom is 0.307 e. The summed E-state index contributed by atoms with van der Waals surface area (Å²) >= 11 is 6.68. The van der Waals surface area contributed by atoms with Crippen LogP contribution in [0.1, 0.15) is 13.8 Å². The zero-order valence-corrected chi connectivity index (χ0v) is 13.6. The van der Waals surface area contributed by atoms with Gasteiger partial charge in [-0.25, -0.2) is 0 Å². The average Bonchev–Trinajstić information content (AvgIpc) is 2.87. The van der Waals surface area contributed by atoms with E-state index in [-0.39, 0.29) is 5.91 Å².